The van der Waals surface area contributed by atoms with Crippen LogP contribution in [0.5, 0.6) is 0 Å². The van der Waals surface area contributed by atoms with Crippen molar-refractivity contribution < 1.29 is 0 Å². The third-order valence-electron chi connectivity index (χ3n) is 6.89. The SMILES string of the molecule is Cn1c2ccc(-c3nccs3)cc2c(=O)c2cc3c(cc21)c(=O)c1cc(-c2nccs2)ccc1n3C. The zero-order valence-corrected chi connectivity index (χ0v) is 21.0. The molecule has 0 unspecified atom stereocenters. The molecule has 0 N–H and O–H groups in total. The number of thiazole rings is 2. The molecule has 0 fully saturated rings. The van der Waals surface area contributed by atoms with Gasteiger partial charge in [0.15, 0.2) is 10.9 Å². The maximum atomic E-state index is 13.7. The summed E-state index contributed by atoms with van der Waals surface area (Å²) >= 11 is 3.09. The highest BCUT2D eigenvalue weighted by Gasteiger charge is 2.16. The van der Waals surface area contributed by atoms with Crippen molar-refractivity contribution in [2.24, 2.45) is 14.1 Å². The lowest BCUT2D eigenvalue weighted by Gasteiger charge is -2.15. The van der Waals surface area contributed by atoms with E-state index < -0.39 is 0 Å². The first-order valence-corrected chi connectivity index (χ1v) is 13.1. The van der Waals surface area contributed by atoms with Gasteiger partial charge in [-0.1, -0.05) is 0 Å². The average Bonchev–Trinajstić information content (AvgIpc) is 3.64. The Labute approximate surface area is 212 Å². The van der Waals surface area contributed by atoms with Crippen LogP contribution in [0.1, 0.15) is 0 Å². The zero-order chi connectivity index (χ0) is 24.6. The van der Waals surface area contributed by atoms with Gasteiger partial charge in [-0.2, -0.15) is 0 Å². The summed E-state index contributed by atoms with van der Waals surface area (Å²) in [6.45, 7) is 0. The van der Waals surface area contributed by atoms with E-state index >= 15 is 0 Å². The molecule has 4 heterocycles. The molecule has 0 radical (unpaired) electrons. The van der Waals surface area contributed by atoms with Crippen molar-refractivity contribution in [2.45, 2.75) is 0 Å². The molecule has 0 saturated carbocycles. The second-order valence-corrected chi connectivity index (χ2v) is 10.6. The molecular weight excluding hydrogens is 488 g/mol. The van der Waals surface area contributed by atoms with E-state index in [1.54, 1.807) is 35.1 Å². The monoisotopic (exact) mass is 506 g/mol. The molecule has 7 aromatic rings. The molecule has 0 atom stereocenters. The summed E-state index contributed by atoms with van der Waals surface area (Å²) in [7, 11) is 3.87. The van der Waals surface area contributed by atoms with E-state index in [0.717, 1.165) is 43.2 Å². The first-order valence-electron chi connectivity index (χ1n) is 11.3. The highest BCUT2D eigenvalue weighted by molar-refractivity contribution is 7.13. The quantitative estimate of drug-likeness (QED) is 0.272. The van der Waals surface area contributed by atoms with Crippen LogP contribution in [-0.2, 0) is 14.1 Å². The zero-order valence-electron chi connectivity index (χ0n) is 19.4. The number of pyridine rings is 2. The van der Waals surface area contributed by atoms with E-state index in [1.165, 1.54) is 0 Å². The molecule has 0 aliphatic heterocycles. The maximum Gasteiger partial charge on any atom is 0.197 e. The Morgan fingerprint density at radius 3 is 1.39 bits per heavy atom. The molecule has 0 saturated heterocycles. The van der Waals surface area contributed by atoms with Gasteiger partial charge in [0.2, 0.25) is 0 Å². The van der Waals surface area contributed by atoms with Crippen LogP contribution in [0.25, 0.3) is 64.8 Å². The number of hydrogen-bond donors (Lipinski definition) is 0. The van der Waals surface area contributed by atoms with Crippen LogP contribution >= 0.6 is 22.7 Å². The van der Waals surface area contributed by atoms with Crippen LogP contribution in [0, 0.1) is 0 Å². The fraction of sp³-hybridized carbons (Fsp3) is 0.0714. The molecule has 36 heavy (non-hydrogen) atoms. The van der Waals surface area contributed by atoms with Crippen molar-refractivity contribution in [1.29, 1.82) is 0 Å². The number of nitrogens with zero attached hydrogens (tertiary/aromatic N) is 4. The van der Waals surface area contributed by atoms with Gasteiger partial charge in [-0.15, -0.1) is 22.7 Å². The summed E-state index contributed by atoms with van der Waals surface area (Å²) in [5.74, 6) is 0. The highest BCUT2D eigenvalue weighted by Crippen LogP contribution is 2.30. The van der Waals surface area contributed by atoms with Crippen LogP contribution in [-0.4, -0.2) is 19.1 Å². The van der Waals surface area contributed by atoms with Crippen molar-refractivity contribution in [3.8, 4) is 21.1 Å². The van der Waals surface area contributed by atoms with Gasteiger partial charge >= 0.3 is 0 Å². The van der Waals surface area contributed by atoms with Crippen LogP contribution in [0.3, 0.4) is 0 Å². The van der Waals surface area contributed by atoms with Crippen LogP contribution in [0.15, 0.2) is 81.3 Å². The number of fused-ring (bicyclic) bond motifs is 4. The lowest BCUT2D eigenvalue weighted by atomic mass is 10.0. The fourth-order valence-corrected chi connectivity index (χ4v) is 6.33. The molecule has 0 bridgehead atoms. The van der Waals surface area contributed by atoms with E-state index in [-0.39, 0.29) is 10.9 Å². The molecule has 8 heteroatoms. The summed E-state index contributed by atoms with van der Waals surface area (Å²) in [4.78, 5) is 36.2. The van der Waals surface area contributed by atoms with Crippen LogP contribution in [0.2, 0.25) is 0 Å². The van der Waals surface area contributed by atoms with Crippen LogP contribution < -0.4 is 10.9 Å². The van der Waals surface area contributed by atoms with Crippen molar-refractivity contribution in [2.75, 3.05) is 0 Å². The van der Waals surface area contributed by atoms with Crippen molar-refractivity contribution >= 4 is 66.3 Å². The fourth-order valence-electron chi connectivity index (χ4n) is 5.06. The highest BCUT2D eigenvalue weighted by atomic mass is 32.1. The van der Waals surface area contributed by atoms with Crippen molar-refractivity contribution in [3.05, 3.63) is 92.1 Å². The summed E-state index contributed by atoms with van der Waals surface area (Å²) in [5.41, 5.74) is 4.83. The van der Waals surface area contributed by atoms with Gasteiger partial charge in [-0.25, -0.2) is 9.97 Å². The van der Waals surface area contributed by atoms with E-state index in [2.05, 4.69) is 9.97 Å². The number of benzene rings is 3. The van der Waals surface area contributed by atoms with E-state index in [4.69, 9.17) is 0 Å². The minimum atomic E-state index is -0.0509. The standard InChI is InChI=1S/C28H18N4O2S2/c1-31-21-5-3-15(27-29-7-9-35-27)11-17(21)25(33)19-14-24-20(13-23(19)31)26(34)18-12-16(28-30-8-10-36-28)4-6-22(18)32(24)2/h3-14H,1-2H3. The molecule has 174 valence electrons. The first-order chi connectivity index (χ1) is 17.5. The maximum absolute atomic E-state index is 13.7. The second kappa shape index (κ2) is 7.68. The second-order valence-electron chi connectivity index (χ2n) is 8.80. The van der Waals surface area contributed by atoms with E-state index in [9.17, 15) is 9.59 Å². The Morgan fingerprint density at radius 2 is 1.00 bits per heavy atom. The van der Waals surface area contributed by atoms with E-state index in [1.807, 2.05) is 82.5 Å². The van der Waals surface area contributed by atoms with Gasteiger partial charge in [0.1, 0.15) is 10.0 Å². The summed E-state index contributed by atoms with van der Waals surface area (Å²) in [5, 5.41) is 8.05. The molecule has 4 aromatic heterocycles. The van der Waals surface area contributed by atoms with Crippen LogP contribution in [0.4, 0.5) is 0 Å². The summed E-state index contributed by atoms with van der Waals surface area (Å²) in [6, 6.07) is 15.4. The van der Waals surface area contributed by atoms with Gasteiger partial charge in [0.25, 0.3) is 0 Å². The third kappa shape index (κ3) is 2.95. The Kier molecular flexibility index (Phi) is 4.52. The Bertz CT molecular complexity index is 1950. The topological polar surface area (TPSA) is 69.8 Å². The predicted octanol–water partition coefficient (Wildman–Crippen LogP) is 5.94. The first kappa shape index (κ1) is 21.2. The number of rotatable bonds is 2. The van der Waals surface area contributed by atoms with Gasteiger partial charge in [-0.3, -0.25) is 9.59 Å². The third-order valence-corrected chi connectivity index (χ3v) is 8.53. The largest absolute Gasteiger partial charge is 0.343 e. The molecule has 0 spiro atoms. The summed E-state index contributed by atoms with van der Waals surface area (Å²) in [6.07, 6.45) is 3.53. The normalized spacial score (nSPS) is 11.8. The number of hydrogen-bond acceptors (Lipinski definition) is 6. The van der Waals surface area contributed by atoms with Crippen molar-refractivity contribution in [3.63, 3.8) is 0 Å². The summed E-state index contributed by atoms with van der Waals surface area (Å²) < 4.78 is 3.99. The Morgan fingerprint density at radius 1 is 0.583 bits per heavy atom. The molecule has 0 amide bonds. The molecule has 7 rings (SSSR count). The minimum absolute atomic E-state index is 0.0509. The molecule has 0 aliphatic carbocycles. The number of aryl methyl sites for hydroxylation is 2. The van der Waals surface area contributed by atoms with Gasteiger partial charge in [0, 0.05) is 69.9 Å². The van der Waals surface area contributed by atoms with Crippen molar-refractivity contribution in [1.82, 2.24) is 19.1 Å². The van der Waals surface area contributed by atoms with Gasteiger partial charge in [-0.05, 0) is 48.5 Å². The molecule has 6 nitrogen and oxygen atoms in total. The number of aromatic nitrogens is 4. The smallest absolute Gasteiger partial charge is 0.197 e. The van der Waals surface area contributed by atoms with E-state index in [0.29, 0.717) is 21.5 Å². The molecule has 0 aliphatic rings. The predicted molar refractivity (Wildman–Crippen MR) is 149 cm³/mol. The lowest BCUT2D eigenvalue weighted by molar-refractivity contribution is 0.994. The minimum Gasteiger partial charge on any atom is -0.343 e. The lowest BCUT2D eigenvalue weighted by Crippen LogP contribution is -2.13. The van der Waals surface area contributed by atoms with Gasteiger partial charge < -0.3 is 9.13 Å². The Balaban J connectivity index is 1.57. The van der Waals surface area contributed by atoms with Gasteiger partial charge in [0.05, 0.1) is 22.1 Å². The average molecular weight is 507 g/mol. The molecular formula is C28H18N4O2S2. The molecule has 3 aromatic carbocycles. The Hall–Kier alpha value is -4.14.